The summed E-state index contributed by atoms with van der Waals surface area (Å²) in [5, 5.41) is 8.07. The Morgan fingerprint density at radius 2 is 2.23 bits per heavy atom. The maximum Gasteiger partial charge on any atom is 0.226 e. The number of rotatable bonds is 8. The summed E-state index contributed by atoms with van der Waals surface area (Å²) in [6, 6.07) is 1.98. The molecule has 0 atom stereocenters. The van der Waals surface area contributed by atoms with Gasteiger partial charge in [-0.05, 0) is 19.4 Å². The number of aliphatic imine (C=N–C) groups is 1. The van der Waals surface area contributed by atoms with Gasteiger partial charge in [-0.3, -0.25) is 4.99 Å². The maximum atomic E-state index is 6.07. The zero-order valence-corrected chi connectivity index (χ0v) is 17.0. The van der Waals surface area contributed by atoms with E-state index in [4.69, 9.17) is 21.1 Å². The first-order valence-corrected chi connectivity index (χ1v) is 9.41. The summed E-state index contributed by atoms with van der Waals surface area (Å²) in [5.41, 5.74) is 1.13. The van der Waals surface area contributed by atoms with Crippen molar-refractivity contribution in [3.05, 3.63) is 34.7 Å². The molecule has 2 aromatic rings. The summed E-state index contributed by atoms with van der Waals surface area (Å²) in [6.07, 6.45) is 3.50. The molecule has 8 heteroatoms. The van der Waals surface area contributed by atoms with Crippen molar-refractivity contribution in [1.82, 2.24) is 24.9 Å². The first-order chi connectivity index (χ1) is 12.4. The summed E-state index contributed by atoms with van der Waals surface area (Å²) < 4.78 is 7.30. The number of aryl methyl sites for hydroxylation is 2. The van der Waals surface area contributed by atoms with E-state index in [1.165, 1.54) is 0 Å². The van der Waals surface area contributed by atoms with E-state index in [0.29, 0.717) is 12.4 Å². The normalized spacial score (nSPS) is 12.0. The Labute approximate surface area is 160 Å². The van der Waals surface area contributed by atoms with E-state index in [1.54, 1.807) is 0 Å². The molecule has 0 aromatic carbocycles. The highest BCUT2D eigenvalue weighted by Crippen LogP contribution is 2.14. The fourth-order valence-corrected chi connectivity index (χ4v) is 2.80. The van der Waals surface area contributed by atoms with Crippen molar-refractivity contribution in [3.8, 4) is 0 Å². The lowest BCUT2D eigenvalue weighted by molar-refractivity contribution is 0.369. The number of hydrogen-bond donors (Lipinski definition) is 1. The number of guanidine groups is 1. The highest BCUT2D eigenvalue weighted by atomic mass is 35.5. The van der Waals surface area contributed by atoms with Crippen molar-refractivity contribution in [3.63, 3.8) is 0 Å². The summed E-state index contributed by atoms with van der Waals surface area (Å²) in [4.78, 5) is 11.2. The molecule has 0 radical (unpaired) electrons. The standard InChI is InChI=1S/C18H29ClN6O/c1-6-20-18(25(5)12-15-10-14(19)11-24(15)4)21-9-7-8-16-22-17(13(2)3)23-26-16/h10-11,13H,6-9,12H2,1-5H3,(H,20,21). The van der Waals surface area contributed by atoms with E-state index in [9.17, 15) is 0 Å². The monoisotopic (exact) mass is 380 g/mol. The van der Waals surface area contributed by atoms with Gasteiger partial charge in [0.15, 0.2) is 11.8 Å². The first kappa shape index (κ1) is 20.3. The van der Waals surface area contributed by atoms with Crippen LogP contribution in [0.2, 0.25) is 5.02 Å². The number of aromatic nitrogens is 3. The van der Waals surface area contributed by atoms with Crippen LogP contribution in [0.15, 0.2) is 21.8 Å². The zero-order valence-electron chi connectivity index (χ0n) is 16.3. The van der Waals surface area contributed by atoms with Crippen LogP contribution >= 0.6 is 11.6 Å². The molecular formula is C18H29ClN6O. The number of nitrogens with one attached hydrogen (secondary N) is 1. The molecule has 0 aliphatic rings. The van der Waals surface area contributed by atoms with E-state index in [2.05, 4.69) is 41.1 Å². The van der Waals surface area contributed by atoms with Gasteiger partial charge in [0.25, 0.3) is 0 Å². The molecule has 0 fully saturated rings. The van der Waals surface area contributed by atoms with Crippen molar-refractivity contribution >= 4 is 17.6 Å². The van der Waals surface area contributed by atoms with Crippen LogP contribution in [0.1, 0.15) is 50.5 Å². The average Bonchev–Trinajstić information content (AvgIpc) is 3.17. The molecule has 2 rings (SSSR count). The van der Waals surface area contributed by atoms with Gasteiger partial charge < -0.3 is 19.3 Å². The minimum atomic E-state index is 0.283. The van der Waals surface area contributed by atoms with E-state index in [-0.39, 0.29) is 5.92 Å². The minimum absolute atomic E-state index is 0.283. The highest BCUT2D eigenvalue weighted by Gasteiger charge is 2.11. The lowest BCUT2D eigenvalue weighted by Crippen LogP contribution is -2.38. The van der Waals surface area contributed by atoms with Gasteiger partial charge in [-0.25, -0.2) is 0 Å². The minimum Gasteiger partial charge on any atom is -0.357 e. The Hall–Kier alpha value is -2.02. The first-order valence-electron chi connectivity index (χ1n) is 9.03. The molecule has 2 heterocycles. The molecule has 0 saturated carbocycles. The molecule has 2 aromatic heterocycles. The number of halogens is 1. The van der Waals surface area contributed by atoms with E-state index < -0.39 is 0 Å². The van der Waals surface area contributed by atoms with Crippen molar-refractivity contribution in [1.29, 1.82) is 0 Å². The molecule has 7 nitrogen and oxygen atoms in total. The van der Waals surface area contributed by atoms with Crippen LogP contribution in [-0.2, 0) is 20.0 Å². The second-order valence-corrected chi connectivity index (χ2v) is 7.09. The fraction of sp³-hybridized carbons (Fsp3) is 0.611. The van der Waals surface area contributed by atoms with Crippen LogP contribution < -0.4 is 5.32 Å². The Balaban J connectivity index is 1.89. The third kappa shape index (κ3) is 5.76. The second kappa shape index (κ2) is 9.62. The molecule has 0 unspecified atom stereocenters. The van der Waals surface area contributed by atoms with Gasteiger partial charge in [-0.1, -0.05) is 30.6 Å². The van der Waals surface area contributed by atoms with Crippen molar-refractivity contribution in [2.75, 3.05) is 20.1 Å². The Kier molecular flexibility index (Phi) is 7.50. The Morgan fingerprint density at radius 1 is 1.46 bits per heavy atom. The van der Waals surface area contributed by atoms with Crippen LogP contribution in [0.25, 0.3) is 0 Å². The largest absolute Gasteiger partial charge is 0.357 e. The van der Waals surface area contributed by atoms with Crippen LogP contribution in [0, 0.1) is 0 Å². The second-order valence-electron chi connectivity index (χ2n) is 6.66. The Bertz CT molecular complexity index is 721. The summed E-state index contributed by atoms with van der Waals surface area (Å²) in [6.45, 7) is 8.41. The smallest absolute Gasteiger partial charge is 0.226 e. The topological polar surface area (TPSA) is 71.5 Å². The van der Waals surface area contributed by atoms with Gasteiger partial charge >= 0.3 is 0 Å². The maximum absolute atomic E-state index is 6.07. The molecule has 0 amide bonds. The molecule has 0 aliphatic heterocycles. The van der Waals surface area contributed by atoms with Crippen LogP contribution in [0.5, 0.6) is 0 Å². The van der Waals surface area contributed by atoms with Crippen molar-refractivity contribution < 1.29 is 4.52 Å². The average molecular weight is 381 g/mol. The Morgan fingerprint density at radius 3 is 2.81 bits per heavy atom. The predicted molar refractivity (Wildman–Crippen MR) is 105 cm³/mol. The SMILES string of the molecule is CCNC(=NCCCc1nc(C(C)C)no1)N(C)Cc1cc(Cl)cn1C. The summed E-state index contributed by atoms with van der Waals surface area (Å²) in [7, 11) is 4.02. The highest BCUT2D eigenvalue weighted by molar-refractivity contribution is 6.30. The van der Waals surface area contributed by atoms with Crippen LogP contribution in [0.4, 0.5) is 0 Å². The van der Waals surface area contributed by atoms with E-state index in [1.807, 2.05) is 30.9 Å². The molecule has 1 N–H and O–H groups in total. The molecule has 0 bridgehead atoms. The van der Waals surface area contributed by atoms with Gasteiger partial charge in [0.1, 0.15) is 0 Å². The van der Waals surface area contributed by atoms with Gasteiger partial charge in [-0.2, -0.15) is 4.98 Å². The lowest BCUT2D eigenvalue weighted by Gasteiger charge is -2.22. The predicted octanol–water partition coefficient (Wildman–Crippen LogP) is 3.22. The summed E-state index contributed by atoms with van der Waals surface area (Å²) in [5.74, 6) is 2.60. The molecule has 0 spiro atoms. The zero-order chi connectivity index (χ0) is 19.1. The summed E-state index contributed by atoms with van der Waals surface area (Å²) >= 11 is 6.07. The van der Waals surface area contributed by atoms with E-state index in [0.717, 1.165) is 48.4 Å². The van der Waals surface area contributed by atoms with Gasteiger partial charge in [-0.15, -0.1) is 0 Å². The molecule has 0 aliphatic carbocycles. The molecular weight excluding hydrogens is 352 g/mol. The number of hydrogen-bond acceptors (Lipinski definition) is 4. The third-order valence-corrected chi connectivity index (χ3v) is 4.19. The fourth-order valence-electron chi connectivity index (χ4n) is 2.53. The quantitative estimate of drug-likeness (QED) is 0.432. The van der Waals surface area contributed by atoms with Gasteiger partial charge in [0, 0.05) is 51.4 Å². The third-order valence-electron chi connectivity index (χ3n) is 3.98. The van der Waals surface area contributed by atoms with Crippen molar-refractivity contribution in [2.24, 2.45) is 12.0 Å². The van der Waals surface area contributed by atoms with Crippen LogP contribution in [-0.4, -0.2) is 45.7 Å². The van der Waals surface area contributed by atoms with Gasteiger partial charge in [0.05, 0.1) is 11.6 Å². The molecule has 144 valence electrons. The molecule has 26 heavy (non-hydrogen) atoms. The molecule has 0 saturated heterocycles. The lowest BCUT2D eigenvalue weighted by atomic mass is 10.2. The van der Waals surface area contributed by atoms with Crippen LogP contribution in [0.3, 0.4) is 0 Å². The van der Waals surface area contributed by atoms with E-state index >= 15 is 0 Å². The van der Waals surface area contributed by atoms with Crippen molar-refractivity contribution in [2.45, 2.75) is 46.1 Å². The number of nitrogens with zero attached hydrogens (tertiary/aromatic N) is 5. The van der Waals surface area contributed by atoms with Gasteiger partial charge in [0.2, 0.25) is 5.89 Å².